The molecule has 0 bridgehead atoms. The Balaban J connectivity index is -0.000000325. The van der Waals surface area contributed by atoms with Crippen LogP contribution in [0.5, 0.6) is 0 Å². The van der Waals surface area contributed by atoms with Gasteiger partial charge in [0.2, 0.25) is 10.4 Å². The van der Waals surface area contributed by atoms with Gasteiger partial charge in [-0.05, 0) is 32.1 Å². The molecule has 26 heteroatoms. The first-order valence-corrected chi connectivity index (χ1v) is 55.2. The fourth-order valence-electron chi connectivity index (χ4n) is 14.1. The number of rotatable bonds is 90. The largest absolute Gasteiger partial charge is 1.00 e. The number of hydrogen-bond acceptors (Lipinski definition) is 16. The Morgan fingerprint density at radius 1 is 0.155 bits per heavy atom. The molecule has 0 aromatic heterocycles. The molecule has 0 saturated carbocycles. The first kappa shape index (κ1) is 127. The van der Waals surface area contributed by atoms with Crippen molar-refractivity contribution >= 4 is 52.0 Å². The Hall–Kier alpha value is 0.350. The average molecular weight is 1770 g/mol. The summed E-state index contributed by atoms with van der Waals surface area (Å²) in [7, 11) is -21.5. The zero-order chi connectivity index (χ0) is 86.1. The molecule has 0 amide bonds. The molecule has 0 saturated heterocycles. The Kier molecular flexibility index (Phi) is 114. The quantitative estimate of drug-likeness (QED) is 0.0190. The zero-order valence-electron chi connectivity index (χ0n) is 76.5. The van der Waals surface area contributed by atoms with Gasteiger partial charge in [-0.2, -0.15) is 33.7 Å². The van der Waals surface area contributed by atoms with E-state index in [1.807, 2.05) is 0 Å². The maximum absolute atomic E-state index is 10.3. The molecule has 0 fully saturated rings. The molecule has 20 nitrogen and oxygen atoms in total. The van der Waals surface area contributed by atoms with Gasteiger partial charge >= 0.3 is 71.2 Å². The number of hydrogen-bond donors (Lipinski definition) is 4. The Bertz CT molecular complexity index is 2030. The van der Waals surface area contributed by atoms with Gasteiger partial charge in [-0.25, -0.2) is 25.2 Å². The van der Waals surface area contributed by atoms with Crippen molar-refractivity contribution in [2.75, 3.05) is 33.0 Å². The Labute approximate surface area is 742 Å². The van der Waals surface area contributed by atoms with E-state index in [4.69, 9.17) is 18.2 Å². The van der Waals surface area contributed by atoms with E-state index in [1.165, 1.54) is 417 Å². The summed E-state index contributed by atoms with van der Waals surface area (Å²) in [6, 6.07) is 0. The summed E-state index contributed by atoms with van der Waals surface area (Å²) < 4.78 is 168. The maximum atomic E-state index is 10.3. The van der Waals surface area contributed by atoms with Gasteiger partial charge in [-0.3, -0.25) is 22.4 Å². The van der Waals surface area contributed by atoms with Crippen LogP contribution in [0, 0.1) is 0 Å². The van der Waals surface area contributed by atoms with Crippen molar-refractivity contribution in [3.05, 3.63) is 0 Å². The van der Waals surface area contributed by atoms with Crippen molar-refractivity contribution in [1.82, 2.24) is 0 Å². The first-order chi connectivity index (χ1) is 55.3. The topological polar surface area (TPSA) is 321 Å². The van der Waals surface area contributed by atoms with Gasteiger partial charge in [0.05, 0.1) is 33.0 Å². The van der Waals surface area contributed by atoms with Crippen LogP contribution in [-0.2, 0) is 72.9 Å². The predicted octanol–water partition coefficient (Wildman–Crippen LogP) is 27.0. The van der Waals surface area contributed by atoms with Gasteiger partial charge in [-0.1, -0.05) is 516 Å². The van der Waals surface area contributed by atoms with Crippen molar-refractivity contribution in [3.8, 4) is 0 Å². The van der Waals surface area contributed by atoms with Crippen LogP contribution in [0.3, 0.4) is 0 Å². The first-order valence-electron chi connectivity index (χ1n) is 48.4. The van der Waals surface area contributed by atoms with Gasteiger partial charge in [0.15, 0.2) is 0 Å². The van der Waals surface area contributed by atoms with Crippen LogP contribution in [0.2, 0.25) is 0 Å². The Morgan fingerprint density at radius 3 is 0.310 bits per heavy atom. The van der Waals surface area contributed by atoms with Crippen molar-refractivity contribution in [3.63, 3.8) is 0 Å². The van der Waals surface area contributed by atoms with E-state index in [2.05, 4.69) is 55.5 Å². The van der Waals surface area contributed by atoms with Crippen LogP contribution < -0.4 is 29.6 Å². The van der Waals surface area contributed by atoms with Gasteiger partial charge in [0.25, 0.3) is 0 Å². The van der Waals surface area contributed by atoms with Crippen molar-refractivity contribution in [2.24, 2.45) is 0 Å². The zero-order valence-corrected chi connectivity index (χ0v) is 82.5. The second-order valence-corrected chi connectivity index (χ2v) is 38.2. The SMILES string of the molecule is CCCCCCCCCCCCCCCCCCOS(=O)(=O)O.CCCCCCCCCCCCCCCCCCOS(=O)(=O)O.CCCCCCCCCCCCCCCCCCOS(=O)(=O)O.CCCCCCCCCCCCCCCCCCOS(=O)(=O)O.CCCCCCCCCCCCCCCCCCOS(=O)(=O)[O-].[Na+]. The van der Waals surface area contributed by atoms with E-state index in [9.17, 15) is 46.6 Å². The van der Waals surface area contributed by atoms with Crippen LogP contribution in [0.25, 0.3) is 0 Å². The van der Waals surface area contributed by atoms with Crippen LogP contribution in [-0.4, -0.2) is 97.9 Å². The summed E-state index contributed by atoms with van der Waals surface area (Å²) in [5.41, 5.74) is 0. The fraction of sp³-hybridized carbons (Fsp3) is 1.00. The monoisotopic (exact) mass is 1770 g/mol. The van der Waals surface area contributed by atoms with Crippen molar-refractivity contribution in [2.45, 2.75) is 548 Å². The fourth-order valence-corrected chi connectivity index (χ4v) is 15.7. The summed E-state index contributed by atoms with van der Waals surface area (Å²) in [4.78, 5) is 0. The standard InChI is InChI=1S/5C18H38O4S.Na/c5*1-2-3-4-5-6-7-8-9-10-11-12-13-14-15-16-17-18-22-23(19,20)21;/h5*2-18H2,1H3,(H,19,20,21);/q;;;;;+1/p-1. The molecule has 0 heterocycles. The molecule has 0 aromatic carbocycles. The Morgan fingerprint density at radius 2 is 0.233 bits per heavy atom. The summed E-state index contributed by atoms with van der Waals surface area (Å²) >= 11 is 0. The minimum absolute atomic E-state index is 0. The molecular formula is C90H189NaO20S5. The third kappa shape index (κ3) is 146. The summed E-state index contributed by atoms with van der Waals surface area (Å²) in [5, 5.41) is 0. The van der Waals surface area contributed by atoms with Gasteiger partial charge in [0.1, 0.15) is 0 Å². The molecule has 116 heavy (non-hydrogen) atoms. The van der Waals surface area contributed by atoms with Crippen LogP contribution in [0.15, 0.2) is 0 Å². The molecular weight excluding hydrogens is 1580 g/mol. The second kappa shape index (κ2) is 104. The van der Waals surface area contributed by atoms with E-state index in [-0.39, 0.29) is 62.6 Å². The molecule has 0 aliphatic rings. The summed E-state index contributed by atoms with van der Waals surface area (Å²) in [6.45, 7) is 11.7. The second-order valence-electron chi connectivity index (χ2n) is 32.7. The van der Waals surface area contributed by atoms with Gasteiger partial charge in [0, 0.05) is 0 Å². The molecule has 700 valence electrons. The predicted molar refractivity (Wildman–Crippen MR) is 483 cm³/mol. The molecule has 0 rings (SSSR count). The van der Waals surface area contributed by atoms with E-state index >= 15 is 0 Å². The maximum Gasteiger partial charge on any atom is 1.00 e. The molecule has 0 aliphatic heterocycles. The van der Waals surface area contributed by atoms with E-state index in [0.717, 1.165) is 64.2 Å². The number of unbranched alkanes of at least 4 members (excludes halogenated alkanes) is 75. The van der Waals surface area contributed by atoms with Crippen LogP contribution in [0.4, 0.5) is 0 Å². The third-order valence-corrected chi connectivity index (χ3v) is 23.5. The molecule has 4 N–H and O–H groups in total. The molecule has 0 unspecified atom stereocenters. The molecule has 0 spiro atoms. The van der Waals surface area contributed by atoms with Crippen LogP contribution >= 0.6 is 0 Å². The third-order valence-electron chi connectivity index (χ3n) is 21.1. The minimum Gasteiger partial charge on any atom is -0.726 e. The molecule has 0 aromatic rings. The van der Waals surface area contributed by atoms with Crippen LogP contribution in [0.1, 0.15) is 548 Å². The summed E-state index contributed by atoms with van der Waals surface area (Å²) in [5.74, 6) is 0. The van der Waals surface area contributed by atoms with E-state index < -0.39 is 52.0 Å². The van der Waals surface area contributed by atoms with Gasteiger partial charge in [-0.15, -0.1) is 0 Å². The van der Waals surface area contributed by atoms with E-state index in [0.29, 0.717) is 32.1 Å². The molecule has 0 atom stereocenters. The average Bonchev–Trinajstić information content (AvgIpc) is 1.02. The molecule has 0 radical (unpaired) electrons. The minimum atomic E-state index is -4.49. The smallest absolute Gasteiger partial charge is 0.726 e. The molecule has 0 aliphatic carbocycles. The summed E-state index contributed by atoms with van der Waals surface area (Å²) in [6.07, 6.45) is 102. The van der Waals surface area contributed by atoms with E-state index in [1.54, 1.807) is 0 Å². The van der Waals surface area contributed by atoms with Gasteiger partial charge < -0.3 is 4.55 Å². The van der Waals surface area contributed by atoms with Crippen molar-refractivity contribution in [1.29, 1.82) is 0 Å². The normalized spacial score (nSPS) is 11.8. The van der Waals surface area contributed by atoms with Crippen molar-refractivity contribution < 1.29 is 115 Å².